The van der Waals surface area contributed by atoms with E-state index in [2.05, 4.69) is 4.98 Å². The molecule has 0 saturated carbocycles. The first-order valence-corrected chi connectivity index (χ1v) is 5.66. The molecule has 0 aliphatic rings. The Morgan fingerprint density at radius 1 is 1.32 bits per heavy atom. The second-order valence-electron chi connectivity index (χ2n) is 3.66. The summed E-state index contributed by atoms with van der Waals surface area (Å²) in [6.45, 7) is 0. The number of benzene rings is 1. The van der Waals surface area contributed by atoms with Gasteiger partial charge in [0.15, 0.2) is 6.29 Å². The molecule has 6 heteroatoms. The monoisotopic (exact) mass is 276 g/mol. The molecule has 0 atom stereocenters. The third-order valence-electron chi connectivity index (χ3n) is 2.33. The van der Waals surface area contributed by atoms with Crippen molar-refractivity contribution in [2.75, 3.05) is 0 Å². The van der Waals surface area contributed by atoms with Crippen LogP contribution >= 0.6 is 11.6 Å². The van der Waals surface area contributed by atoms with E-state index in [0.717, 1.165) is 0 Å². The van der Waals surface area contributed by atoms with Gasteiger partial charge in [0.1, 0.15) is 5.75 Å². The molecule has 0 unspecified atom stereocenters. The lowest BCUT2D eigenvalue weighted by molar-refractivity contribution is 0.1000. The highest BCUT2D eigenvalue weighted by molar-refractivity contribution is 6.32. The highest BCUT2D eigenvalue weighted by Gasteiger charge is 2.08. The molecule has 0 fully saturated rings. The fourth-order valence-electron chi connectivity index (χ4n) is 1.37. The molecule has 2 aromatic rings. The standard InChI is InChI=1S/C13H9ClN2O3/c14-10-5-9(13(15)18)2-3-11(10)19-12-4-1-8(7-17)6-16-12/h1-7H,(H2,15,18). The van der Waals surface area contributed by atoms with Gasteiger partial charge in [-0.1, -0.05) is 11.6 Å². The zero-order valence-electron chi connectivity index (χ0n) is 9.67. The molecular formula is C13H9ClN2O3. The second kappa shape index (κ2) is 5.49. The molecule has 96 valence electrons. The van der Waals surface area contributed by atoms with E-state index in [4.69, 9.17) is 22.1 Å². The molecule has 0 bridgehead atoms. The summed E-state index contributed by atoms with van der Waals surface area (Å²) in [5.41, 5.74) is 5.87. The predicted octanol–water partition coefficient (Wildman–Crippen LogP) is 2.44. The number of aldehydes is 1. The molecule has 5 nitrogen and oxygen atoms in total. The fraction of sp³-hybridized carbons (Fsp3) is 0. The number of rotatable bonds is 4. The van der Waals surface area contributed by atoms with E-state index in [0.29, 0.717) is 29.0 Å². The molecule has 2 rings (SSSR count). The first-order valence-electron chi connectivity index (χ1n) is 5.28. The molecule has 0 spiro atoms. The Morgan fingerprint density at radius 2 is 2.11 bits per heavy atom. The van der Waals surface area contributed by atoms with Crippen LogP contribution in [0.25, 0.3) is 0 Å². The van der Waals surface area contributed by atoms with Crippen LogP contribution in [-0.2, 0) is 0 Å². The molecule has 0 aliphatic heterocycles. The van der Waals surface area contributed by atoms with E-state index in [-0.39, 0.29) is 5.02 Å². The maximum absolute atomic E-state index is 11.0. The van der Waals surface area contributed by atoms with E-state index in [1.807, 2.05) is 0 Å². The van der Waals surface area contributed by atoms with Crippen molar-refractivity contribution in [1.82, 2.24) is 4.98 Å². The number of aromatic nitrogens is 1. The predicted molar refractivity (Wildman–Crippen MR) is 69.7 cm³/mol. The van der Waals surface area contributed by atoms with Crippen molar-refractivity contribution in [3.63, 3.8) is 0 Å². The van der Waals surface area contributed by atoms with Crippen molar-refractivity contribution in [2.45, 2.75) is 0 Å². The first kappa shape index (κ1) is 13.0. The summed E-state index contributed by atoms with van der Waals surface area (Å²) in [5.74, 6) is 0.0688. The number of hydrogen-bond acceptors (Lipinski definition) is 4. The minimum absolute atomic E-state index is 0.248. The summed E-state index contributed by atoms with van der Waals surface area (Å²) in [4.78, 5) is 25.4. The summed E-state index contributed by atoms with van der Waals surface area (Å²) in [6.07, 6.45) is 2.07. The van der Waals surface area contributed by atoms with Gasteiger partial charge in [-0.05, 0) is 24.3 Å². The third-order valence-corrected chi connectivity index (χ3v) is 2.62. The smallest absolute Gasteiger partial charge is 0.248 e. The van der Waals surface area contributed by atoms with Crippen LogP contribution in [0.5, 0.6) is 11.6 Å². The van der Waals surface area contributed by atoms with Gasteiger partial charge in [-0.25, -0.2) is 4.98 Å². The number of carbonyl (C=O) groups excluding carboxylic acids is 2. The fourth-order valence-corrected chi connectivity index (χ4v) is 1.59. The van der Waals surface area contributed by atoms with E-state index in [1.165, 1.54) is 24.4 Å². The van der Waals surface area contributed by atoms with Crippen LogP contribution in [0.4, 0.5) is 0 Å². The van der Waals surface area contributed by atoms with E-state index in [9.17, 15) is 9.59 Å². The summed E-state index contributed by atoms with van der Waals surface area (Å²) >= 11 is 5.97. The maximum Gasteiger partial charge on any atom is 0.248 e. The van der Waals surface area contributed by atoms with Crippen molar-refractivity contribution in [2.24, 2.45) is 5.73 Å². The summed E-state index contributed by atoms with van der Waals surface area (Å²) in [7, 11) is 0. The first-order chi connectivity index (χ1) is 9.10. The maximum atomic E-state index is 11.0. The van der Waals surface area contributed by atoms with Crippen LogP contribution in [0.15, 0.2) is 36.5 Å². The summed E-state index contributed by atoms with van der Waals surface area (Å²) < 4.78 is 5.43. The van der Waals surface area contributed by atoms with Gasteiger partial charge < -0.3 is 10.5 Å². The number of hydrogen-bond donors (Lipinski definition) is 1. The Labute approximate surface area is 114 Å². The van der Waals surface area contributed by atoms with Crippen LogP contribution in [0.1, 0.15) is 20.7 Å². The Hall–Kier alpha value is -2.40. The van der Waals surface area contributed by atoms with Crippen LogP contribution in [-0.4, -0.2) is 17.2 Å². The minimum atomic E-state index is -0.568. The van der Waals surface area contributed by atoms with Gasteiger partial charge in [0.05, 0.1) is 5.02 Å². The zero-order valence-corrected chi connectivity index (χ0v) is 10.4. The molecule has 1 aromatic carbocycles. The number of nitrogens with zero attached hydrogens (tertiary/aromatic N) is 1. The topological polar surface area (TPSA) is 82.3 Å². The van der Waals surface area contributed by atoms with Crippen LogP contribution in [0.2, 0.25) is 5.02 Å². The lowest BCUT2D eigenvalue weighted by atomic mass is 10.2. The number of carbonyl (C=O) groups is 2. The number of halogens is 1. The van der Waals surface area contributed by atoms with Gasteiger partial charge in [0, 0.05) is 23.4 Å². The Balaban J connectivity index is 2.22. The van der Waals surface area contributed by atoms with Gasteiger partial charge >= 0.3 is 0 Å². The lowest BCUT2D eigenvalue weighted by Crippen LogP contribution is -2.10. The van der Waals surface area contributed by atoms with Gasteiger partial charge in [-0.3, -0.25) is 9.59 Å². The second-order valence-corrected chi connectivity index (χ2v) is 4.07. The molecule has 0 aliphatic carbocycles. The minimum Gasteiger partial charge on any atom is -0.437 e. The van der Waals surface area contributed by atoms with Gasteiger partial charge in [0.2, 0.25) is 11.8 Å². The Kier molecular flexibility index (Phi) is 3.77. The Morgan fingerprint density at radius 3 is 2.63 bits per heavy atom. The Bertz CT molecular complexity index is 626. The number of ether oxygens (including phenoxy) is 1. The average molecular weight is 277 g/mol. The van der Waals surface area contributed by atoms with E-state index < -0.39 is 5.91 Å². The van der Waals surface area contributed by atoms with Crippen molar-refractivity contribution in [3.05, 3.63) is 52.7 Å². The molecular weight excluding hydrogens is 268 g/mol. The lowest BCUT2D eigenvalue weighted by Gasteiger charge is -2.07. The number of pyridine rings is 1. The van der Waals surface area contributed by atoms with Gasteiger partial charge in [0.25, 0.3) is 0 Å². The molecule has 0 radical (unpaired) electrons. The quantitative estimate of drug-likeness (QED) is 0.870. The summed E-state index contributed by atoms with van der Waals surface area (Å²) in [6, 6.07) is 7.56. The van der Waals surface area contributed by atoms with Crippen LogP contribution < -0.4 is 10.5 Å². The molecule has 2 N–H and O–H groups in total. The molecule has 1 amide bonds. The van der Waals surface area contributed by atoms with Crippen LogP contribution in [0.3, 0.4) is 0 Å². The number of nitrogens with two attached hydrogens (primary N) is 1. The van der Waals surface area contributed by atoms with Crippen molar-refractivity contribution >= 4 is 23.8 Å². The van der Waals surface area contributed by atoms with Gasteiger partial charge in [-0.15, -0.1) is 0 Å². The van der Waals surface area contributed by atoms with E-state index >= 15 is 0 Å². The van der Waals surface area contributed by atoms with E-state index in [1.54, 1.807) is 12.1 Å². The molecule has 0 saturated heterocycles. The normalized spacial score (nSPS) is 9.95. The van der Waals surface area contributed by atoms with Crippen LogP contribution in [0, 0.1) is 0 Å². The van der Waals surface area contributed by atoms with Crippen molar-refractivity contribution in [3.8, 4) is 11.6 Å². The summed E-state index contributed by atoms with van der Waals surface area (Å²) in [5, 5.41) is 0.248. The third kappa shape index (κ3) is 3.08. The molecule has 19 heavy (non-hydrogen) atoms. The molecule has 1 heterocycles. The molecule has 1 aromatic heterocycles. The average Bonchev–Trinajstić information content (AvgIpc) is 2.41. The highest BCUT2D eigenvalue weighted by atomic mass is 35.5. The SMILES string of the molecule is NC(=O)c1ccc(Oc2ccc(C=O)cn2)c(Cl)c1. The van der Waals surface area contributed by atoms with Gasteiger partial charge in [-0.2, -0.15) is 0 Å². The van der Waals surface area contributed by atoms with Crippen molar-refractivity contribution in [1.29, 1.82) is 0 Å². The number of primary amides is 1. The largest absolute Gasteiger partial charge is 0.437 e. The highest BCUT2D eigenvalue weighted by Crippen LogP contribution is 2.29. The zero-order chi connectivity index (χ0) is 13.8. The van der Waals surface area contributed by atoms with Crippen molar-refractivity contribution < 1.29 is 14.3 Å². The number of amides is 1.